The molecule has 2 aromatic carbocycles. The first-order valence-electron chi connectivity index (χ1n) is 9.15. The van der Waals surface area contributed by atoms with E-state index in [4.69, 9.17) is 16.3 Å². The second-order valence-corrected chi connectivity index (χ2v) is 7.32. The molecule has 1 saturated heterocycles. The first-order valence-corrected chi connectivity index (χ1v) is 9.53. The molecule has 0 spiro atoms. The van der Waals surface area contributed by atoms with E-state index in [0.717, 1.165) is 32.5 Å². The van der Waals surface area contributed by atoms with Crippen LogP contribution in [0, 0.1) is 12.7 Å². The minimum absolute atomic E-state index is 0.0195. The quantitative estimate of drug-likeness (QED) is 0.812. The zero-order valence-corrected chi connectivity index (χ0v) is 16.1. The van der Waals surface area contributed by atoms with Crippen LogP contribution in [-0.4, -0.2) is 36.5 Å². The first kappa shape index (κ1) is 19.6. The van der Waals surface area contributed by atoms with E-state index in [2.05, 4.69) is 41.4 Å². The molecule has 4 nitrogen and oxygen atoms in total. The van der Waals surface area contributed by atoms with E-state index in [1.807, 2.05) is 0 Å². The van der Waals surface area contributed by atoms with Crippen LogP contribution in [0.5, 0.6) is 5.75 Å². The lowest BCUT2D eigenvalue weighted by Crippen LogP contribution is -2.45. The largest absolute Gasteiger partial charge is 0.484 e. The lowest BCUT2D eigenvalue weighted by molar-refractivity contribution is -0.124. The highest BCUT2D eigenvalue weighted by molar-refractivity contribution is 6.30. The summed E-state index contributed by atoms with van der Waals surface area (Å²) in [7, 11) is 0. The van der Waals surface area contributed by atoms with Gasteiger partial charge < -0.3 is 10.1 Å². The Labute approximate surface area is 164 Å². The summed E-state index contributed by atoms with van der Waals surface area (Å²) in [5.41, 5.74) is 2.66. The minimum atomic E-state index is -0.508. The Balaban J connectivity index is 1.40. The summed E-state index contributed by atoms with van der Waals surface area (Å²) in [6.07, 6.45) is 1.83. The van der Waals surface area contributed by atoms with E-state index >= 15 is 0 Å². The van der Waals surface area contributed by atoms with Crippen molar-refractivity contribution < 1.29 is 13.9 Å². The predicted molar refractivity (Wildman–Crippen MR) is 105 cm³/mol. The lowest BCUT2D eigenvalue weighted by Gasteiger charge is -2.32. The van der Waals surface area contributed by atoms with Crippen molar-refractivity contribution in [2.75, 3.05) is 19.7 Å². The van der Waals surface area contributed by atoms with Crippen LogP contribution in [0.1, 0.15) is 24.0 Å². The highest BCUT2D eigenvalue weighted by Gasteiger charge is 2.21. The van der Waals surface area contributed by atoms with Gasteiger partial charge >= 0.3 is 0 Å². The van der Waals surface area contributed by atoms with Crippen LogP contribution >= 0.6 is 11.6 Å². The fraction of sp³-hybridized carbons (Fsp3) is 0.381. The Morgan fingerprint density at radius 2 is 2.00 bits per heavy atom. The molecule has 1 fully saturated rings. The number of carbonyl (C=O) groups excluding carboxylic acids is 1. The number of amides is 1. The molecular formula is C21H24ClFN2O2. The standard InChI is InChI=1S/C21H24ClFN2O2/c1-15-4-2-3-5-16(15)13-25-10-8-17(9-11-25)24-21(26)14-27-18-6-7-20(23)19(22)12-18/h2-7,12,17H,8-11,13-14H2,1H3,(H,24,26). The van der Waals surface area contributed by atoms with Crippen molar-refractivity contribution in [3.05, 3.63) is 64.4 Å². The summed E-state index contributed by atoms with van der Waals surface area (Å²) in [6, 6.07) is 12.6. The van der Waals surface area contributed by atoms with Crippen LogP contribution in [0.25, 0.3) is 0 Å². The topological polar surface area (TPSA) is 41.6 Å². The molecule has 0 radical (unpaired) electrons. The first-order chi connectivity index (χ1) is 13.0. The molecule has 0 bridgehead atoms. The Bertz CT molecular complexity index is 792. The Morgan fingerprint density at radius 1 is 1.26 bits per heavy atom. The van der Waals surface area contributed by atoms with Gasteiger partial charge in [0.05, 0.1) is 5.02 Å². The monoisotopic (exact) mass is 390 g/mol. The lowest BCUT2D eigenvalue weighted by atomic mass is 10.0. The van der Waals surface area contributed by atoms with Gasteiger partial charge in [0.1, 0.15) is 11.6 Å². The van der Waals surface area contributed by atoms with E-state index in [-0.39, 0.29) is 23.6 Å². The summed E-state index contributed by atoms with van der Waals surface area (Å²) >= 11 is 5.71. The summed E-state index contributed by atoms with van der Waals surface area (Å²) in [6.45, 7) is 4.88. The van der Waals surface area contributed by atoms with E-state index < -0.39 is 5.82 Å². The number of aryl methyl sites for hydroxylation is 1. The number of likely N-dealkylation sites (tertiary alicyclic amines) is 1. The second-order valence-electron chi connectivity index (χ2n) is 6.91. The summed E-state index contributed by atoms with van der Waals surface area (Å²) < 4.78 is 18.5. The van der Waals surface area contributed by atoms with Crippen molar-refractivity contribution >= 4 is 17.5 Å². The molecule has 2 aromatic rings. The Hall–Kier alpha value is -2.11. The molecule has 1 aliphatic rings. The molecule has 27 heavy (non-hydrogen) atoms. The van der Waals surface area contributed by atoms with Gasteiger partial charge in [0, 0.05) is 31.7 Å². The van der Waals surface area contributed by atoms with E-state index in [1.165, 1.54) is 29.3 Å². The van der Waals surface area contributed by atoms with Gasteiger partial charge in [-0.05, 0) is 43.0 Å². The zero-order valence-electron chi connectivity index (χ0n) is 15.4. The normalized spacial score (nSPS) is 15.5. The predicted octanol–water partition coefficient (Wildman–Crippen LogP) is 3.95. The molecule has 1 heterocycles. The molecule has 1 aliphatic heterocycles. The maximum Gasteiger partial charge on any atom is 0.258 e. The maximum atomic E-state index is 13.1. The van der Waals surface area contributed by atoms with Crippen LogP contribution in [0.4, 0.5) is 4.39 Å². The SMILES string of the molecule is Cc1ccccc1CN1CCC(NC(=O)COc2ccc(F)c(Cl)c2)CC1. The molecule has 1 N–H and O–H groups in total. The number of nitrogens with one attached hydrogen (secondary N) is 1. The fourth-order valence-electron chi connectivity index (χ4n) is 3.25. The third-order valence-electron chi connectivity index (χ3n) is 4.87. The van der Waals surface area contributed by atoms with Crippen LogP contribution in [-0.2, 0) is 11.3 Å². The van der Waals surface area contributed by atoms with E-state index in [9.17, 15) is 9.18 Å². The van der Waals surface area contributed by atoms with Gasteiger partial charge in [-0.2, -0.15) is 0 Å². The average molecular weight is 391 g/mol. The molecule has 0 aromatic heterocycles. The van der Waals surface area contributed by atoms with Crippen molar-refractivity contribution in [1.82, 2.24) is 10.2 Å². The number of piperidine rings is 1. The number of carbonyl (C=O) groups is 1. The van der Waals surface area contributed by atoms with Gasteiger partial charge in [-0.25, -0.2) is 4.39 Å². The third-order valence-corrected chi connectivity index (χ3v) is 5.16. The number of halogens is 2. The molecule has 0 aliphatic carbocycles. The number of hydrogen-bond donors (Lipinski definition) is 1. The molecule has 0 saturated carbocycles. The van der Waals surface area contributed by atoms with Crippen molar-refractivity contribution in [2.45, 2.75) is 32.4 Å². The number of ether oxygens (including phenoxy) is 1. The van der Waals surface area contributed by atoms with Crippen molar-refractivity contribution in [2.24, 2.45) is 0 Å². The van der Waals surface area contributed by atoms with E-state index in [1.54, 1.807) is 0 Å². The number of nitrogens with zero attached hydrogens (tertiary/aromatic N) is 1. The van der Waals surface area contributed by atoms with Gasteiger partial charge in [-0.1, -0.05) is 35.9 Å². The summed E-state index contributed by atoms with van der Waals surface area (Å²) in [5, 5.41) is 2.99. The third kappa shape index (κ3) is 5.68. The van der Waals surface area contributed by atoms with Crippen LogP contribution in [0.2, 0.25) is 5.02 Å². The number of rotatable bonds is 6. The Morgan fingerprint density at radius 3 is 2.70 bits per heavy atom. The second kappa shape index (κ2) is 9.20. The fourth-order valence-corrected chi connectivity index (χ4v) is 3.42. The molecule has 3 rings (SSSR count). The molecular weight excluding hydrogens is 367 g/mol. The van der Waals surface area contributed by atoms with Crippen LogP contribution in [0.15, 0.2) is 42.5 Å². The van der Waals surface area contributed by atoms with E-state index in [0.29, 0.717) is 5.75 Å². The zero-order chi connectivity index (χ0) is 19.2. The number of hydrogen-bond acceptors (Lipinski definition) is 3. The summed E-state index contributed by atoms with van der Waals surface area (Å²) in [5.74, 6) is -0.302. The van der Waals surface area contributed by atoms with Gasteiger partial charge in [-0.3, -0.25) is 9.69 Å². The molecule has 6 heteroatoms. The van der Waals surface area contributed by atoms with Gasteiger partial charge in [0.2, 0.25) is 0 Å². The van der Waals surface area contributed by atoms with Gasteiger partial charge in [-0.15, -0.1) is 0 Å². The number of benzene rings is 2. The highest BCUT2D eigenvalue weighted by Crippen LogP contribution is 2.21. The van der Waals surface area contributed by atoms with Crippen LogP contribution < -0.4 is 10.1 Å². The van der Waals surface area contributed by atoms with Gasteiger partial charge in [0.15, 0.2) is 6.61 Å². The van der Waals surface area contributed by atoms with Crippen molar-refractivity contribution in [3.63, 3.8) is 0 Å². The maximum absolute atomic E-state index is 13.1. The highest BCUT2D eigenvalue weighted by atomic mass is 35.5. The summed E-state index contributed by atoms with van der Waals surface area (Å²) in [4.78, 5) is 14.5. The van der Waals surface area contributed by atoms with Gasteiger partial charge in [0.25, 0.3) is 5.91 Å². The molecule has 0 atom stereocenters. The average Bonchev–Trinajstić information content (AvgIpc) is 2.66. The van der Waals surface area contributed by atoms with Crippen molar-refractivity contribution in [3.8, 4) is 5.75 Å². The molecule has 144 valence electrons. The van der Waals surface area contributed by atoms with Crippen LogP contribution in [0.3, 0.4) is 0 Å². The van der Waals surface area contributed by atoms with Crippen molar-refractivity contribution in [1.29, 1.82) is 0 Å². The molecule has 1 amide bonds. The Kier molecular flexibility index (Phi) is 6.69. The smallest absolute Gasteiger partial charge is 0.258 e. The molecule has 0 unspecified atom stereocenters. The minimum Gasteiger partial charge on any atom is -0.484 e.